The van der Waals surface area contributed by atoms with Crippen molar-refractivity contribution in [3.63, 3.8) is 0 Å². The molecule has 7 aromatic rings. The summed E-state index contributed by atoms with van der Waals surface area (Å²) >= 11 is 0. The molecule has 5 heterocycles. The van der Waals surface area contributed by atoms with E-state index in [0.29, 0.717) is 47.3 Å². The fourth-order valence-electron chi connectivity index (χ4n) is 20.4. The summed E-state index contributed by atoms with van der Waals surface area (Å²) in [5, 5.41) is 5.11. The molecule has 8 heteroatoms. The van der Waals surface area contributed by atoms with Gasteiger partial charge in [0.05, 0.1) is 0 Å². The van der Waals surface area contributed by atoms with Gasteiger partial charge in [0.1, 0.15) is 22.6 Å². The molecular weight excluding hydrogens is 1070 g/mol. The van der Waals surface area contributed by atoms with Crippen LogP contribution in [0.3, 0.4) is 0 Å². The quantitative estimate of drug-likeness (QED) is 0.0998. The first kappa shape index (κ1) is 56.2. The van der Waals surface area contributed by atoms with Gasteiger partial charge in [-0.2, -0.15) is 0 Å². The number of benzene rings is 4. The molecule has 8 nitrogen and oxygen atoms in total. The number of hydrogen-bond acceptors (Lipinski definition) is 6. The summed E-state index contributed by atoms with van der Waals surface area (Å²) in [5.41, 5.74) is 20.0. The van der Waals surface area contributed by atoms with Gasteiger partial charge >= 0.3 is 0 Å². The molecule has 3 aromatic heterocycles. The van der Waals surface area contributed by atoms with Crippen molar-refractivity contribution in [2.45, 2.75) is 257 Å². The van der Waals surface area contributed by atoms with Crippen LogP contribution in [0.25, 0.3) is 89.7 Å². The van der Waals surface area contributed by atoms with Gasteiger partial charge in [-0.1, -0.05) is 254 Å². The monoisotopic (exact) mass is 1170 g/mol. The highest BCUT2D eigenvalue weighted by Crippen LogP contribution is 2.49. The maximum atomic E-state index is 6.15. The summed E-state index contributed by atoms with van der Waals surface area (Å²) in [7, 11) is 0. The fraction of sp³-hybridized carbons (Fsp3) is 0.600. The topological polar surface area (TPSA) is 109 Å². The van der Waals surface area contributed by atoms with Gasteiger partial charge in [0.15, 0.2) is 23.3 Å². The van der Waals surface area contributed by atoms with Gasteiger partial charge in [0.2, 0.25) is 0 Å². The van der Waals surface area contributed by atoms with Gasteiger partial charge in [-0.05, 0) is 143 Å². The second kappa shape index (κ2) is 24.5. The summed E-state index contributed by atoms with van der Waals surface area (Å²) in [6, 6.07) is 20.3. The van der Waals surface area contributed by atoms with Crippen LogP contribution in [0.4, 0.5) is 0 Å². The maximum absolute atomic E-state index is 6.15. The molecule has 8 aliphatic carbocycles. The zero-order chi connectivity index (χ0) is 58.1. The average molecular weight is 1170 g/mol. The molecule has 10 aliphatic rings. The van der Waals surface area contributed by atoms with Crippen LogP contribution in [-0.4, -0.2) is 39.9 Å². The van der Waals surface area contributed by atoms with E-state index in [1.807, 2.05) is 0 Å². The van der Waals surface area contributed by atoms with Crippen LogP contribution in [0, 0.1) is 47.3 Å². The molecule has 0 spiro atoms. The van der Waals surface area contributed by atoms with E-state index in [2.05, 4.69) is 58.5 Å². The number of nitrogens with zero attached hydrogens (tertiary/aromatic N) is 6. The average Bonchev–Trinajstić information content (AvgIpc) is 1.67. The normalized spacial score (nSPS) is 21.1. The van der Waals surface area contributed by atoms with Crippen molar-refractivity contribution in [3.05, 3.63) is 93.0 Å². The summed E-state index contributed by atoms with van der Waals surface area (Å²) in [5.74, 6) is 8.74. The van der Waals surface area contributed by atoms with E-state index in [9.17, 15) is 0 Å². The van der Waals surface area contributed by atoms with Crippen molar-refractivity contribution < 1.29 is 0 Å². The number of nitrogens with one attached hydrogen (secondary N) is 2. The van der Waals surface area contributed by atoms with E-state index < -0.39 is 0 Å². The van der Waals surface area contributed by atoms with Crippen molar-refractivity contribution >= 4 is 44.1 Å². The van der Waals surface area contributed by atoms with Crippen LogP contribution in [0.2, 0.25) is 0 Å². The Morgan fingerprint density at radius 2 is 0.375 bits per heavy atom. The first-order chi connectivity index (χ1) is 43.5. The van der Waals surface area contributed by atoms with Gasteiger partial charge < -0.3 is 9.97 Å². The summed E-state index contributed by atoms with van der Waals surface area (Å²) in [6.45, 7) is 0. The van der Waals surface area contributed by atoms with E-state index in [1.165, 1.54) is 294 Å². The van der Waals surface area contributed by atoms with Gasteiger partial charge in [0.25, 0.3) is 0 Å². The molecule has 0 unspecified atom stereocenters. The first-order valence-corrected chi connectivity index (χ1v) is 37.0. The van der Waals surface area contributed by atoms with Crippen molar-refractivity contribution in [2.24, 2.45) is 47.3 Å². The van der Waals surface area contributed by atoms with Crippen LogP contribution < -0.4 is 0 Å². The number of aromatic nitrogens is 8. The van der Waals surface area contributed by atoms with E-state index in [1.54, 1.807) is 0 Å². The van der Waals surface area contributed by atoms with Gasteiger partial charge in [0, 0.05) is 43.8 Å². The third-order valence-corrected chi connectivity index (χ3v) is 25.0. The zero-order valence-corrected chi connectivity index (χ0v) is 53.2. The molecule has 0 atom stereocenters. The Morgan fingerprint density at radius 3 is 0.557 bits per heavy atom. The van der Waals surface area contributed by atoms with Crippen LogP contribution >= 0.6 is 0 Å². The van der Waals surface area contributed by atoms with E-state index in [0.717, 1.165) is 97.3 Å². The van der Waals surface area contributed by atoms with Crippen LogP contribution in [0.1, 0.15) is 250 Å². The summed E-state index contributed by atoms with van der Waals surface area (Å²) in [4.78, 5) is 44.9. The Bertz CT molecular complexity index is 3410. The lowest BCUT2D eigenvalue weighted by Gasteiger charge is -2.17. The highest BCUT2D eigenvalue weighted by atomic mass is 15.1. The zero-order valence-electron chi connectivity index (χ0n) is 53.2. The molecule has 2 N–H and O–H groups in total. The Kier molecular flexibility index (Phi) is 15.6. The molecule has 0 saturated heterocycles. The second-order valence-corrected chi connectivity index (χ2v) is 31.0. The number of H-pyrrole nitrogens is 2. The Balaban J connectivity index is 1.02. The number of rotatable bonds is 16. The van der Waals surface area contributed by atoms with Crippen molar-refractivity contribution in [2.75, 3.05) is 0 Å². The minimum absolute atomic E-state index is 0.670. The third kappa shape index (κ3) is 11.0. The molecule has 0 radical (unpaired) electrons. The largest absolute Gasteiger partial charge is 0.324 e. The standard InChI is InChI=1S/C80H98N8/c1-2-18-49(17-1)41-57-33-34-58(42-50-19-3-4-20-50)66-65(57)73-81-74(66)86-76-69-61(45-53-25-9-10-26-53)37-38-62(46-54-27-11-12-28-54)70(69)78(83-76)88-80-72-64(48-56-31-15-16-32-56)40-39-63(47-55-29-13-14-30-55)71(72)79(84-80)87-77-68-60(44-52-23-7-8-24-52)36-35-59(43-51-21-5-6-22-51)67(68)75(82-77)85-73/h33-40,49-56H,1-32,41-48H2,(H2,81,82,83,84,85,86,87,88). The lowest BCUT2D eigenvalue weighted by atomic mass is 9.86. The Morgan fingerprint density at radius 1 is 0.216 bits per heavy atom. The molecule has 4 aromatic carbocycles. The molecule has 8 bridgehead atoms. The molecule has 88 heavy (non-hydrogen) atoms. The highest BCUT2D eigenvalue weighted by Gasteiger charge is 2.35. The van der Waals surface area contributed by atoms with Crippen molar-refractivity contribution in [1.82, 2.24) is 39.9 Å². The van der Waals surface area contributed by atoms with Gasteiger partial charge in [-0.25, -0.2) is 29.9 Å². The van der Waals surface area contributed by atoms with Crippen LogP contribution in [-0.2, 0) is 51.4 Å². The second-order valence-electron chi connectivity index (χ2n) is 31.0. The summed E-state index contributed by atoms with van der Waals surface area (Å²) in [6.07, 6.45) is 50.6. The Labute approximate surface area is 524 Å². The van der Waals surface area contributed by atoms with E-state index in [4.69, 9.17) is 29.9 Å². The smallest absolute Gasteiger partial charge is 0.165 e. The van der Waals surface area contributed by atoms with Crippen molar-refractivity contribution in [3.8, 4) is 45.6 Å². The minimum atomic E-state index is 0.670. The van der Waals surface area contributed by atoms with E-state index in [-0.39, 0.29) is 0 Å². The third-order valence-electron chi connectivity index (χ3n) is 25.0. The highest BCUT2D eigenvalue weighted by molar-refractivity contribution is 6.10. The van der Waals surface area contributed by atoms with Crippen molar-refractivity contribution in [1.29, 1.82) is 0 Å². The molecule has 8 saturated carbocycles. The van der Waals surface area contributed by atoms with E-state index >= 15 is 0 Å². The number of fused-ring (bicyclic) bond motifs is 20. The minimum Gasteiger partial charge on any atom is -0.324 e. The van der Waals surface area contributed by atoms with Crippen LogP contribution in [0.15, 0.2) is 48.5 Å². The maximum Gasteiger partial charge on any atom is 0.165 e. The molecule has 8 fully saturated rings. The molecule has 17 rings (SSSR count). The van der Waals surface area contributed by atoms with Crippen LogP contribution in [0.5, 0.6) is 0 Å². The number of hydrogen-bond donors (Lipinski definition) is 2. The Hall–Kier alpha value is -5.76. The lowest BCUT2D eigenvalue weighted by molar-refractivity contribution is 0.543. The SMILES string of the molecule is c1cc(CC2CCCC2)c2c(c1CC1CCCC1)-c1nc-2nc2[nH]c(nc3nc(nc4[nH]c(n1)c1c(CC5CCCC5)ccc(CC5CCCC5)c41)-c1c(CC4CCCC4)ccc(CC4CCCC4)c1-3)c1c(CC3CCCC3)ccc(CC3CCCC3)c21. The lowest BCUT2D eigenvalue weighted by Crippen LogP contribution is -2.05. The molecule has 2 aliphatic heterocycles. The molecule has 458 valence electrons. The number of aromatic amines is 2. The summed E-state index contributed by atoms with van der Waals surface area (Å²) < 4.78 is 0. The van der Waals surface area contributed by atoms with Gasteiger partial charge in [-0.3, -0.25) is 0 Å². The first-order valence-electron chi connectivity index (χ1n) is 37.0. The predicted octanol–water partition coefficient (Wildman–Crippen LogP) is 20.7. The predicted molar refractivity (Wildman–Crippen MR) is 361 cm³/mol. The molecule has 0 amide bonds. The molecular formula is C80H98N8. The van der Waals surface area contributed by atoms with Gasteiger partial charge in [-0.15, -0.1) is 0 Å². The fourth-order valence-corrected chi connectivity index (χ4v) is 20.4.